The van der Waals surface area contributed by atoms with E-state index in [1.807, 2.05) is 32.9 Å². The van der Waals surface area contributed by atoms with Gasteiger partial charge >= 0.3 is 0 Å². The average molecular weight is 536 g/mol. The molecule has 1 aliphatic rings. The van der Waals surface area contributed by atoms with E-state index in [1.54, 1.807) is 24.4 Å². The lowest BCUT2D eigenvalue weighted by Crippen LogP contribution is -2.42. The van der Waals surface area contributed by atoms with E-state index in [2.05, 4.69) is 41.8 Å². The second-order valence-electron chi connectivity index (χ2n) is 7.30. The van der Waals surface area contributed by atoms with E-state index in [-0.39, 0.29) is 12.5 Å². The van der Waals surface area contributed by atoms with Crippen LogP contribution in [0.4, 0.5) is 37.6 Å². The first-order valence-electron chi connectivity index (χ1n) is 11.1. The molecule has 0 saturated carbocycles. The molecule has 0 spiro atoms. The van der Waals surface area contributed by atoms with Crippen LogP contribution in [0.5, 0.6) is 0 Å². The highest BCUT2D eigenvalue weighted by Gasteiger charge is 2.31. The number of hydrogen-bond donors (Lipinski definition) is 2. The Morgan fingerprint density at radius 1 is 1.17 bits per heavy atom. The van der Waals surface area contributed by atoms with Crippen LogP contribution in [-0.4, -0.2) is 60.7 Å². The number of nitrogens with one attached hydrogen (secondary N) is 1. The number of carbonyl (C=O) groups is 1. The largest absolute Gasteiger partial charge is 0.324 e. The van der Waals surface area contributed by atoms with Gasteiger partial charge in [-0.05, 0) is 30.9 Å². The van der Waals surface area contributed by atoms with E-state index in [9.17, 15) is 13.6 Å². The van der Waals surface area contributed by atoms with Gasteiger partial charge in [0.05, 0.1) is 29.8 Å². The Bertz CT molecular complexity index is 1330. The van der Waals surface area contributed by atoms with Crippen LogP contribution in [0.1, 0.15) is 19.4 Å². The van der Waals surface area contributed by atoms with Crippen LogP contribution in [0, 0.1) is 6.92 Å². The lowest BCUT2D eigenvalue weighted by atomic mass is 10.2. The third-order valence-electron chi connectivity index (χ3n) is 5.14. The van der Waals surface area contributed by atoms with E-state index in [1.165, 1.54) is 17.3 Å². The van der Waals surface area contributed by atoms with Crippen LogP contribution in [0.25, 0.3) is 11.0 Å². The predicted molar refractivity (Wildman–Crippen MR) is 142 cm³/mol. The lowest BCUT2D eigenvalue weighted by molar-refractivity contribution is -0.117. The predicted octanol–water partition coefficient (Wildman–Crippen LogP) is 4.68. The second kappa shape index (κ2) is 12.0. The van der Waals surface area contributed by atoms with Crippen molar-refractivity contribution >= 4 is 70.1 Å². The summed E-state index contributed by atoms with van der Waals surface area (Å²) in [6.07, 6.45) is 3.62. The number of aryl methyl sites for hydroxylation is 1. The molecule has 3 aromatic heterocycles. The first-order valence-corrected chi connectivity index (χ1v) is 12.7. The van der Waals surface area contributed by atoms with Crippen molar-refractivity contribution in [3.05, 3.63) is 36.3 Å². The van der Waals surface area contributed by atoms with Crippen molar-refractivity contribution in [3.63, 3.8) is 0 Å². The van der Waals surface area contributed by atoms with Gasteiger partial charge in [-0.15, -0.1) is 0 Å². The number of thiol groups is 1. The van der Waals surface area contributed by atoms with Crippen LogP contribution in [0.15, 0.2) is 30.7 Å². The molecule has 10 nitrogen and oxygen atoms in total. The van der Waals surface area contributed by atoms with Crippen molar-refractivity contribution in [2.75, 3.05) is 35.0 Å². The summed E-state index contributed by atoms with van der Waals surface area (Å²) in [7, 11) is 1.64. The highest BCUT2D eigenvalue weighted by atomic mass is 32.1. The molecule has 1 aromatic carbocycles. The summed E-state index contributed by atoms with van der Waals surface area (Å²) < 4.78 is 35.1. The molecule has 0 bridgehead atoms. The summed E-state index contributed by atoms with van der Waals surface area (Å²) in [5.41, 5.74) is 4.30. The minimum atomic E-state index is -2.53. The molecule has 192 valence electrons. The number of alkyl halides is 2. The maximum absolute atomic E-state index is 12.7. The standard InChI is InChI=1S/C19H17F2N9OS.C2H6.CH4S/c1-10-3-13-14(27-32-26-13)4-12(10)24-19-22-6-15-18(25-19)30(9-17(31)28(15)2)11-5-23-29(7-11)8-16(20)21;2*1-2/h3-7,16H,8-9H2,1-2H3,(H,22,24,25);1-2H3;2H,1H3. The van der Waals surface area contributed by atoms with Gasteiger partial charge in [0, 0.05) is 18.9 Å². The van der Waals surface area contributed by atoms with Gasteiger partial charge in [-0.3, -0.25) is 9.48 Å². The molecule has 1 aliphatic heterocycles. The normalized spacial score (nSPS) is 12.6. The number of likely N-dealkylation sites (N-methyl/N-ethyl adjacent to an activating group) is 1. The zero-order valence-electron chi connectivity index (χ0n) is 20.5. The maximum atomic E-state index is 12.7. The van der Waals surface area contributed by atoms with E-state index >= 15 is 0 Å². The number of anilines is 5. The zero-order chi connectivity index (χ0) is 26.4. The minimum absolute atomic E-state index is 0.00416. The molecule has 4 aromatic rings. The smallest absolute Gasteiger partial charge is 0.257 e. The summed E-state index contributed by atoms with van der Waals surface area (Å²) in [5, 5.41) is 7.17. The number of fused-ring (bicyclic) bond motifs is 2. The van der Waals surface area contributed by atoms with Crippen molar-refractivity contribution in [3.8, 4) is 0 Å². The molecule has 0 fully saturated rings. The minimum Gasteiger partial charge on any atom is -0.324 e. The fraction of sp³-hybridized carbons (Fsp3) is 0.364. The van der Waals surface area contributed by atoms with Gasteiger partial charge in [0.2, 0.25) is 11.9 Å². The topological polar surface area (TPSA) is 105 Å². The number of aromatic nitrogens is 6. The van der Waals surface area contributed by atoms with Crippen molar-refractivity contribution in [1.82, 2.24) is 28.5 Å². The molecule has 0 saturated heterocycles. The maximum Gasteiger partial charge on any atom is 0.257 e. The number of benzene rings is 1. The summed E-state index contributed by atoms with van der Waals surface area (Å²) in [5.74, 6) is 0.609. The van der Waals surface area contributed by atoms with Gasteiger partial charge in [0.15, 0.2) is 5.82 Å². The van der Waals surface area contributed by atoms with Gasteiger partial charge in [-0.2, -0.15) is 31.5 Å². The summed E-state index contributed by atoms with van der Waals surface area (Å²) in [6.45, 7) is 5.41. The molecule has 36 heavy (non-hydrogen) atoms. The average Bonchev–Trinajstić information content (AvgIpc) is 3.53. The Kier molecular flexibility index (Phi) is 9.09. The van der Waals surface area contributed by atoms with Crippen LogP contribution >= 0.6 is 24.4 Å². The highest BCUT2D eigenvalue weighted by Crippen LogP contribution is 2.36. The molecule has 1 amide bonds. The Hall–Kier alpha value is -3.39. The third-order valence-corrected chi connectivity index (χ3v) is 5.69. The molecule has 4 heterocycles. The van der Waals surface area contributed by atoms with Crippen LogP contribution in [0.2, 0.25) is 0 Å². The van der Waals surface area contributed by atoms with Gasteiger partial charge in [-0.25, -0.2) is 13.8 Å². The van der Waals surface area contributed by atoms with E-state index in [0.717, 1.165) is 38.7 Å². The van der Waals surface area contributed by atoms with Crippen LogP contribution < -0.4 is 15.1 Å². The van der Waals surface area contributed by atoms with Gasteiger partial charge in [0.25, 0.3) is 6.43 Å². The Morgan fingerprint density at radius 2 is 1.86 bits per heavy atom. The van der Waals surface area contributed by atoms with Gasteiger partial charge in [0.1, 0.15) is 29.8 Å². The molecule has 0 atom stereocenters. The molecule has 5 rings (SSSR count). The molecule has 14 heteroatoms. The number of rotatable bonds is 5. The number of hydrogen-bond acceptors (Lipinski definition) is 10. The molecule has 0 radical (unpaired) electrons. The summed E-state index contributed by atoms with van der Waals surface area (Å²) >= 11 is 4.67. The quantitative estimate of drug-likeness (QED) is 0.355. The zero-order valence-corrected chi connectivity index (χ0v) is 22.2. The van der Waals surface area contributed by atoms with E-state index in [0.29, 0.717) is 23.1 Å². The monoisotopic (exact) mass is 535 g/mol. The fourth-order valence-corrected chi connectivity index (χ4v) is 3.96. The van der Waals surface area contributed by atoms with Crippen molar-refractivity contribution < 1.29 is 13.6 Å². The number of carbonyl (C=O) groups excluding carboxylic acids is 1. The van der Waals surface area contributed by atoms with Gasteiger partial charge in [-0.1, -0.05) is 13.8 Å². The molecule has 0 unspecified atom stereocenters. The van der Waals surface area contributed by atoms with Gasteiger partial charge < -0.3 is 15.1 Å². The van der Waals surface area contributed by atoms with E-state index < -0.39 is 13.0 Å². The third kappa shape index (κ3) is 5.70. The summed E-state index contributed by atoms with van der Waals surface area (Å²) in [6, 6.07) is 3.80. The lowest BCUT2D eigenvalue weighted by Gasteiger charge is -2.33. The molecule has 1 N–H and O–H groups in total. The summed E-state index contributed by atoms with van der Waals surface area (Å²) in [4.78, 5) is 24.6. The SMILES string of the molecule is CC.CS.Cc1cc2nsnc2cc1Nc1ncc2c(n1)N(c1cnn(CC(F)F)c1)CC(=O)N2C. The van der Waals surface area contributed by atoms with Crippen molar-refractivity contribution in [1.29, 1.82) is 0 Å². The number of nitrogens with zero attached hydrogens (tertiary/aromatic N) is 8. The van der Waals surface area contributed by atoms with Crippen LogP contribution in [-0.2, 0) is 11.3 Å². The Morgan fingerprint density at radius 3 is 2.56 bits per heavy atom. The fourth-order valence-electron chi connectivity index (χ4n) is 3.45. The Balaban J connectivity index is 0.000000861. The molecular formula is C22H27F2N9OS2. The first-order chi connectivity index (χ1) is 17.4. The molecule has 0 aliphatic carbocycles. The van der Waals surface area contributed by atoms with E-state index in [4.69, 9.17) is 0 Å². The number of halogens is 2. The Labute approximate surface area is 217 Å². The first kappa shape index (κ1) is 27.2. The molecular weight excluding hydrogens is 508 g/mol. The second-order valence-corrected chi connectivity index (χ2v) is 7.83. The van der Waals surface area contributed by atoms with Crippen molar-refractivity contribution in [2.45, 2.75) is 33.7 Å². The highest BCUT2D eigenvalue weighted by molar-refractivity contribution is 7.79. The van der Waals surface area contributed by atoms with Crippen molar-refractivity contribution in [2.24, 2.45) is 0 Å². The number of amides is 1. The van der Waals surface area contributed by atoms with Crippen LogP contribution in [0.3, 0.4) is 0 Å².